The minimum atomic E-state index is -1.40. The van der Waals surface area contributed by atoms with Crippen molar-refractivity contribution < 1.29 is 14.6 Å². The maximum atomic E-state index is 11.0. The maximum absolute atomic E-state index is 11.0. The average Bonchev–Trinajstić information content (AvgIpc) is 2.30. The molecule has 0 aliphatic carbocycles. The van der Waals surface area contributed by atoms with Gasteiger partial charge in [0.25, 0.3) is 0 Å². The van der Waals surface area contributed by atoms with Gasteiger partial charge in [0.15, 0.2) is 0 Å². The summed E-state index contributed by atoms with van der Waals surface area (Å²) in [5.41, 5.74) is 10.6. The van der Waals surface area contributed by atoms with Crippen LogP contribution in [0.5, 0.6) is 0 Å². The first-order chi connectivity index (χ1) is 8.08. The van der Waals surface area contributed by atoms with Crippen molar-refractivity contribution in [3.05, 3.63) is 35.9 Å². The number of ether oxygens (including phenoxy) is 1. The molecule has 0 aromatic heterocycles. The Labute approximate surface area is 100 Å². The molecule has 0 heterocycles. The molecule has 0 aliphatic heterocycles. The molecule has 0 fully saturated rings. The summed E-state index contributed by atoms with van der Waals surface area (Å²) < 4.78 is 5.34. The Kier molecular flexibility index (Phi) is 5.09. The molecule has 0 saturated heterocycles. The third-order valence-electron chi connectivity index (χ3n) is 2.49. The van der Waals surface area contributed by atoms with Crippen molar-refractivity contribution in [3.63, 3.8) is 0 Å². The van der Waals surface area contributed by atoms with Crippen LogP contribution in [-0.2, 0) is 16.1 Å². The van der Waals surface area contributed by atoms with E-state index in [0.29, 0.717) is 6.61 Å². The minimum Gasteiger partial charge on any atom is -0.480 e. The lowest BCUT2D eigenvalue weighted by molar-refractivity contribution is -0.146. The topological polar surface area (TPSA) is 98.6 Å². The number of carboxylic acid groups (broad SMARTS) is 1. The number of nitrogens with two attached hydrogens (primary N) is 2. The van der Waals surface area contributed by atoms with E-state index in [1.54, 1.807) is 0 Å². The Morgan fingerprint density at radius 3 is 2.53 bits per heavy atom. The first-order valence-corrected chi connectivity index (χ1v) is 5.42. The van der Waals surface area contributed by atoms with Gasteiger partial charge < -0.3 is 21.3 Å². The smallest absolute Gasteiger partial charge is 0.326 e. The van der Waals surface area contributed by atoms with Gasteiger partial charge >= 0.3 is 5.97 Å². The van der Waals surface area contributed by atoms with E-state index in [0.717, 1.165) is 5.56 Å². The molecule has 0 spiro atoms. The van der Waals surface area contributed by atoms with E-state index in [-0.39, 0.29) is 19.6 Å². The van der Waals surface area contributed by atoms with Crippen molar-refractivity contribution in [1.29, 1.82) is 0 Å². The van der Waals surface area contributed by atoms with E-state index in [1.165, 1.54) is 0 Å². The maximum Gasteiger partial charge on any atom is 0.326 e. The van der Waals surface area contributed by atoms with Crippen molar-refractivity contribution in [2.24, 2.45) is 11.5 Å². The molecule has 0 radical (unpaired) electrons. The van der Waals surface area contributed by atoms with Gasteiger partial charge in [-0.1, -0.05) is 30.3 Å². The predicted octanol–water partition coefficient (Wildman–Crippen LogP) is 0.334. The van der Waals surface area contributed by atoms with Gasteiger partial charge in [-0.2, -0.15) is 0 Å². The number of carboxylic acids is 1. The third-order valence-corrected chi connectivity index (χ3v) is 2.49. The van der Waals surface area contributed by atoms with Gasteiger partial charge in [-0.25, -0.2) is 0 Å². The summed E-state index contributed by atoms with van der Waals surface area (Å²) in [6.07, 6.45) is 0.192. The van der Waals surface area contributed by atoms with E-state index in [9.17, 15) is 4.79 Å². The van der Waals surface area contributed by atoms with Crippen LogP contribution in [0.25, 0.3) is 0 Å². The fourth-order valence-corrected chi connectivity index (χ4v) is 1.42. The number of aliphatic carboxylic acids is 1. The van der Waals surface area contributed by atoms with Gasteiger partial charge in [0.2, 0.25) is 0 Å². The summed E-state index contributed by atoms with van der Waals surface area (Å²) in [5.74, 6) is -1.09. The molecule has 0 saturated carbocycles. The summed E-state index contributed by atoms with van der Waals surface area (Å²) >= 11 is 0. The molecule has 5 nitrogen and oxygen atoms in total. The monoisotopic (exact) mass is 238 g/mol. The zero-order valence-electron chi connectivity index (χ0n) is 9.63. The SMILES string of the molecule is NCCC(N)(COCc1ccccc1)C(=O)O. The molecule has 0 aliphatic rings. The van der Waals surface area contributed by atoms with Gasteiger partial charge in [-0.15, -0.1) is 0 Å². The molecule has 1 rings (SSSR count). The fourth-order valence-electron chi connectivity index (χ4n) is 1.42. The normalized spacial score (nSPS) is 14.2. The van der Waals surface area contributed by atoms with Gasteiger partial charge in [-0.05, 0) is 18.5 Å². The average molecular weight is 238 g/mol. The van der Waals surface area contributed by atoms with Gasteiger partial charge in [0.05, 0.1) is 13.2 Å². The lowest BCUT2D eigenvalue weighted by atomic mass is 9.98. The fraction of sp³-hybridized carbons (Fsp3) is 0.417. The van der Waals surface area contributed by atoms with Gasteiger partial charge in [0.1, 0.15) is 5.54 Å². The second-order valence-electron chi connectivity index (χ2n) is 3.98. The zero-order chi connectivity index (χ0) is 12.7. The molecule has 0 bridgehead atoms. The Balaban J connectivity index is 2.45. The Morgan fingerprint density at radius 1 is 1.35 bits per heavy atom. The number of carbonyl (C=O) groups is 1. The van der Waals surface area contributed by atoms with Crippen molar-refractivity contribution in [1.82, 2.24) is 0 Å². The van der Waals surface area contributed by atoms with Crippen LogP contribution in [0, 0.1) is 0 Å². The molecule has 0 amide bonds. The molecule has 5 N–H and O–H groups in total. The Bertz CT molecular complexity index is 356. The highest BCUT2D eigenvalue weighted by molar-refractivity contribution is 5.78. The molecule has 1 unspecified atom stereocenters. The molecule has 17 heavy (non-hydrogen) atoms. The van der Waals surface area contributed by atoms with Crippen molar-refractivity contribution >= 4 is 5.97 Å². The van der Waals surface area contributed by atoms with Crippen LogP contribution in [-0.4, -0.2) is 29.8 Å². The molecule has 1 atom stereocenters. The highest BCUT2D eigenvalue weighted by Crippen LogP contribution is 2.09. The van der Waals surface area contributed by atoms with E-state index < -0.39 is 11.5 Å². The summed E-state index contributed by atoms with van der Waals surface area (Å²) in [4.78, 5) is 11.0. The number of hydrogen-bond donors (Lipinski definition) is 3. The van der Waals surface area contributed by atoms with Crippen LogP contribution < -0.4 is 11.5 Å². The van der Waals surface area contributed by atoms with Crippen molar-refractivity contribution in [2.75, 3.05) is 13.2 Å². The second kappa shape index (κ2) is 6.34. The molecular formula is C12H18N2O3. The van der Waals surface area contributed by atoms with Crippen molar-refractivity contribution in [2.45, 2.75) is 18.6 Å². The predicted molar refractivity (Wildman–Crippen MR) is 64.3 cm³/mol. The Hall–Kier alpha value is -1.43. The minimum absolute atomic E-state index is 0.0472. The standard InChI is InChI=1S/C12H18N2O3/c13-7-6-12(14,11(15)16)9-17-8-10-4-2-1-3-5-10/h1-5H,6-9,13-14H2,(H,15,16). The van der Waals surface area contributed by atoms with Crippen LogP contribution in [0.15, 0.2) is 30.3 Å². The second-order valence-corrected chi connectivity index (χ2v) is 3.98. The van der Waals surface area contributed by atoms with Crippen LogP contribution in [0.1, 0.15) is 12.0 Å². The number of rotatable bonds is 7. The van der Waals surface area contributed by atoms with Crippen molar-refractivity contribution in [3.8, 4) is 0 Å². The van der Waals surface area contributed by atoms with Crippen LogP contribution >= 0.6 is 0 Å². The number of benzene rings is 1. The lowest BCUT2D eigenvalue weighted by Crippen LogP contribution is -2.53. The summed E-state index contributed by atoms with van der Waals surface area (Å²) in [6, 6.07) is 9.50. The van der Waals surface area contributed by atoms with Gasteiger partial charge in [0, 0.05) is 0 Å². The first kappa shape index (κ1) is 13.6. The summed E-state index contributed by atoms with van der Waals surface area (Å²) in [6.45, 7) is 0.517. The highest BCUT2D eigenvalue weighted by atomic mass is 16.5. The van der Waals surface area contributed by atoms with E-state index in [2.05, 4.69) is 0 Å². The largest absolute Gasteiger partial charge is 0.480 e. The van der Waals surface area contributed by atoms with E-state index in [4.69, 9.17) is 21.3 Å². The summed E-state index contributed by atoms with van der Waals surface area (Å²) in [7, 11) is 0. The molecular weight excluding hydrogens is 220 g/mol. The molecule has 94 valence electrons. The quantitative estimate of drug-likeness (QED) is 0.636. The zero-order valence-corrected chi connectivity index (χ0v) is 9.63. The summed E-state index contributed by atoms with van der Waals surface area (Å²) in [5, 5.41) is 9.00. The third kappa shape index (κ3) is 4.14. The molecule has 1 aromatic rings. The highest BCUT2D eigenvalue weighted by Gasteiger charge is 2.33. The van der Waals surface area contributed by atoms with Crippen LogP contribution in [0.4, 0.5) is 0 Å². The van der Waals surface area contributed by atoms with Crippen LogP contribution in [0.2, 0.25) is 0 Å². The van der Waals surface area contributed by atoms with E-state index in [1.807, 2.05) is 30.3 Å². The van der Waals surface area contributed by atoms with Gasteiger partial charge in [-0.3, -0.25) is 4.79 Å². The van der Waals surface area contributed by atoms with Crippen LogP contribution in [0.3, 0.4) is 0 Å². The van der Waals surface area contributed by atoms with E-state index >= 15 is 0 Å². The molecule has 1 aromatic carbocycles. The Morgan fingerprint density at radius 2 is 2.00 bits per heavy atom. The molecule has 5 heteroatoms. The first-order valence-electron chi connectivity index (χ1n) is 5.42. The lowest BCUT2D eigenvalue weighted by Gasteiger charge is -2.23. The number of hydrogen-bond acceptors (Lipinski definition) is 4.